The lowest BCUT2D eigenvalue weighted by atomic mass is 10.0. The van der Waals surface area contributed by atoms with Crippen LogP contribution in [0.4, 0.5) is 0 Å². The minimum absolute atomic E-state index is 0.0660. The van der Waals surface area contributed by atoms with Crippen molar-refractivity contribution in [1.82, 2.24) is 14.5 Å². The third kappa shape index (κ3) is 5.65. The number of imidazole rings is 1. The van der Waals surface area contributed by atoms with Gasteiger partial charge in [0, 0.05) is 6.42 Å². The van der Waals surface area contributed by atoms with Crippen molar-refractivity contribution in [1.29, 1.82) is 0 Å². The van der Waals surface area contributed by atoms with E-state index in [0.717, 1.165) is 0 Å². The zero-order valence-electron chi connectivity index (χ0n) is 17.5. The Morgan fingerprint density at radius 2 is 2.17 bits per heavy atom. The molecule has 0 aliphatic rings. The molecule has 0 aliphatic heterocycles. The Morgan fingerprint density at radius 1 is 1.48 bits per heavy atom. The summed E-state index contributed by atoms with van der Waals surface area (Å²) in [5.41, 5.74) is 0.641. The van der Waals surface area contributed by atoms with Crippen LogP contribution < -0.4 is 4.57 Å². The molecule has 29 heavy (non-hydrogen) atoms. The SMILES string of the molecule is CCC(C)(CCO[C@H]([C@H](O)CO)[n+]1cn(C)c2c(=S)nc[nH]c21)O[P+](=O)C(C)C. The second-order valence-corrected chi connectivity index (χ2v) is 9.75. The number of hydrogen-bond donors (Lipinski definition) is 3. The first-order valence-corrected chi connectivity index (χ1v) is 11.3. The Kier molecular flexibility index (Phi) is 8.39. The molecule has 4 atom stereocenters. The smallest absolute Gasteiger partial charge is 0.393 e. The highest BCUT2D eigenvalue weighted by atomic mass is 32.1. The maximum atomic E-state index is 12.2. The first-order valence-electron chi connectivity index (χ1n) is 9.63. The molecule has 162 valence electrons. The maximum Gasteiger partial charge on any atom is 0.511 e. The highest BCUT2D eigenvalue weighted by Crippen LogP contribution is 2.38. The van der Waals surface area contributed by atoms with Gasteiger partial charge in [0.2, 0.25) is 11.7 Å². The fraction of sp³-hybridized carbons (Fsp3) is 0.722. The number of aromatic nitrogens is 4. The van der Waals surface area contributed by atoms with Crippen LogP contribution in [0.3, 0.4) is 0 Å². The minimum atomic E-state index is -1.78. The summed E-state index contributed by atoms with van der Waals surface area (Å²) in [6.45, 7) is 7.35. The van der Waals surface area contributed by atoms with Crippen molar-refractivity contribution in [3.05, 3.63) is 17.3 Å². The van der Waals surface area contributed by atoms with Crippen molar-refractivity contribution in [2.24, 2.45) is 7.05 Å². The Labute approximate surface area is 176 Å². The average molecular weight is 447 g/mol. The van der Waals surface area contributed by atoms with Crippen LogP contribution in [-0.2, 0) is 20.9 Å². The van der Waals surface area contributed by atoms with E-state index in [9.17, 15) is 14.8 Å². The van der Waals surface area contributed by atoms with Crippen molar-refractivity contribution in [2.45, 2.75) is 64.1 Å². The van der Waals surface area contributed by atoms with E-state index in [-0.39, 0.29) is 12.3 Å². The lowest BCUT2D eigenvalue weighted by Gasteiger charge is -2.25. The van der Waals surface area contributed by atoms with Gasteiger partial charge in [0.15, 0.2) is 23.0 Å². The third-order valence-electron chi connectivity index (χ3n) is 4.91. The summed E-state index contributed by atoms with van der Waals surface area (Å²) in [6.07, 6.45) is 2.35. The topological polar surface area (TPSA) is 113 Å². The molecule has 0 fully saturated rings. The van der Waals surface area contributed by atoms with E-state index in [1.165, 1.54) is 6.33 Å². The molecule has 2 rings (SSSR count). The predicted octanol–water partition coefficient (Wildman–Crippen LogP) is 2.51. The molecule has 2 aromatic rings. The summed E-state index contributed by atoms with van der Waals surface area (Å²) in [7, 11) is 0.0410. The number of H-pyrrole nitrogens is 1. The van der Waals surface area contributed by atoms with Gasteiger partial charge in [-0.2, -0.15) is 0 Å². The number of aromatic amines is 1. The Morgan fingerprint density at radius 3 is 2.76 bits per heavy atom. The van der Waals surface area contributed by atoms with E-state index in [1.807, 2.05) is 34.7 Å². The van der Waals surface area contributed by atoms with Crippen LogP contribution >= 0.6 is 20.2 Å². The lowest BCUT2D eigenvalue weighted by molar-refractivity contribution is -0.751. The molecule has 0 aromatic carbocycles. The molecular formula is C18H31N4O5PS+2. The van der Waals surface area contributed by atoms with Crippen molar-refractivity contribution in [2.75, 3.05) is 13.2 Å². The molecule has 3 N–H and O–H groups in total. The van der Waals surface area contributed by atoms with Gasteiger partial charge in [0.1, 0.15) is 11.7 Å². The number of fused-ring (bicyclic) bond motifs is 1. The van der Waals surface area contributed by atoms with Crippen molar-refractivity contribution < 1.29 is 28.6 Å². The number of nitrogens with one attached hydrogen (secondary N) is 1. The normalized spacial score (nSPS) is 16.8. The van der Waals surface area contributed by atoms with Crippen LogP contribution in [0, 0.1) is 4.64 Å². The maximum absolute atomic E-state index is 12.2. The van der Waals surface area contributed by atoms with Crippen molar-refractivity contribution in [3.8, 4) is 0 Å². The van der Waals surface area contributed by atoms with Crippen LogP contribution in [0.15, 0.2) is 12.7 Å². The van der Waals surface area contributed by atoms with E-state index in [4.69, 9.17) is 21.5 Å². The van der Waals surface area contributed by atoms with Gasteiger partial charge in [-0.3, -0.25) is 9.55 Å². The number of hydrogen-bond acceptors (Lipinski definition) is 7. The number of aliphatic hydroxyl groups is 2. The van der Waals surface area contributed by atoms with Crippen LogP contribution in [0.1, 0.15) is 46.8 Å². The zero-order valence-corrected chi connectivity index (χ0v) is 19.2. The van der Waals surface area contributed by atoms with Crippen molar-refractivity contribution >= 4 is 31.4 Å². The molecule has 0 saturated carbocycles. The number of rotatable bonds is 11. The summed E-state index contributed by atoms with van der Waals surface area (Å²) in [6, 6.07) is 0. The summed E-state index contributed by atoms with van der Waals surface area (Å²) in [5.74, 6) is 0. The largest absolute Gasteiger partial charge is 0.511 e. The molecule has 0 bridgehead atoms. The predicted molar refractivity (Wildman–Crippen MR) is 111 cm³/mol. The Hall–Kier alpha value is -1.29. The zero-order chi connectivity index (χ0) is 21.8. The first-order chi connectivity index (χ1) is 13.6. The molecule has 0 amide bonds. The van der Waals surface area contributed by atoms with Gasteiger partial charge in [-0.05, 0) is 31.8 Å². The van der Waals surface area contributed by atoms with E-state index in [2.05, 4.69) is 9.97 Å². The van der Waals surface area contributed by atoms with Crippen LogP contribution in [0.5, 0.6) is 0 Å². The molecule has 2 heterocycles. The fourth-order valence-electron chi connectivity index (χ4n) is 2.86. The number of aliphatic hydroxyl groups excluding tert-OH is 2. The Balaban J connectivity index is 2.22. The first kappa shape index (κ1) is 24.0. The van der Waals surface area contributed by atoms with E-state index in [0.29, 0.717) is 28.6 Å². The van der Waals surface area contributed by atoms with Gasteiger partial charge < -0.3 is 14.9 Å². The quantitative estimate of drug-likeness (QED) is 0.276. The van der Waals surface area contributed by atoms with Gasteiger partial charge in [-0.25, -0.2) is 9.55 Å². The molecule has 0 radical (unpaired) electrons. The third-order valence-corrected chi connectivity index (χ3v) is 6.67. The second-order valence-electron chi connectivity index (χ2n) is 7.57. The van der Waals surface area contributed by atoms with Crippen LogP contribution in [-0.4, -0.2) is 55.3 Å². The molecule has 9 nitrogen and oxygen atoms in total. The van der Waals surface area contributed by atoms with E-state index >= 15 is 0 Å². The van der Waals surface area contributed by atoms with Crippen LogP contribution in [0.25, 0.3) is 11.2 Å². The van der Waals surface area contributed by atoms with Gasteiger partial charge in [-0.1, -0.05) is 19.1 Å². The molecular weight excluding hydrogens is 415 g/mol. The Bertz CT molecular complexity index is 902. The number of ether oxygens (including phenoxy) is 1. The van der Waals surface area contributed by atoms with Gasteiger partial charge in [0.25, 0.3) is 5.65 Å². The lowest BCUT2D eigenvalue weighted by Crippen LogP contribution is -2.49. The highest BCUT2D eigenvalue weighted by Gasteiger charge is 2.37. The molecule has 2 aromatic heterocycles. The minimum Gasteiger partial charge on any atom is -0.393 e. The second kappa shape index (κ2) is 10.1. The van der Waals surface area contributed by atoms with E-state index < -0.39 is 32.6 Å². The number of nitrogens with zero attached hydrogens (tertiary/aromatic N) is 3. The summed E-state index contributed by atoms with van der Waals surface area (Å²) in [4.78, 5) is 7.11. The summed E-state index contributed by atoms with van der Waals surface area (Å²) in [5, 5.41) is 19.9. The summed E-state index contributed by atoms with van der Waals surface area (Å²) >= 11 is 5.29. The fourth-order valence-corrected chi connectivity index (χ4v) is 4.02. The highest BCUT2D eigenvalue weighted by molar-refractivity contribution is 7.71. The summed E-state index contributed by atoms with van der Waals surface area (Å²) < 4.78 is 27.8. The molecule has 11 heteroatoms. The number of aryl methyl sites for hydroxylation is 1. The van der Waals surface area contributed by atoms with Gasteiger partial charge >= 0.3 is 8.03 Å². The van der Waals surface area contributed by atoms with E-state index in [1.54, 1.807) is 15.5 Å². The van der Waals surface area contributed by atoms with Gasteiger partial charge in [-0.15, -0.1) is 4.52 Å². The molecule has 2 unspecified atom stereocenters. The molecule has 0 aliphatic carbocycles. The van der Waals surface area contributed by atoms with Crippen LogP contribution in [0.2, 0.25) is 0 Å². The van der Waals surface area contributed by atoms with Crippen molar-refractivity contribution in [3.63, 3.8) is 0 Å². The standard InChI is InChI=1S/C18H30N4O5PS/c1-6-18(4,27-28(25)12(2)3)7-8-26-17(13(24)9-23)22-11-21(5)14-15(22)19-10-20-16(14)29/h10-13,17,23-24H,6-9H2,1-5H3/q+1/p+1/t13-,17-,18?/m1/s1. The molecule has 0 spiro atoms. The average Bonchev–Trinajstić information content (AvgIpc) is 3.02. The van der Waals surface area contributed by atoms with Gasteiger partial charge in [0.05, 0.1) is 20.3 Å². The molecule has 0 saturated heterocycles. The monoisotopic (exact) mass is 446 g/mol.